The van der Waals surface area contributed by atoms with Gasteiger partial charge in [0.15, 0.2) is 0 Å². The standard InChI is InChI=1S/C16H20O4/c1-3-13(15(17)19-2)9-7-8-12-20-16(18)14-10-5-4-6-11-14/h3-6,10-11,13H,1,7-9,12H2,2H3/t13-/m0/s1. The monoisotopic (exact) mass is 276 g/mol. The summed E-state index contributed by atoms with van der Waals surface area (Å²) in [6, 6.07) is 8.86. The van der Waals surface area contributed by atoms with Crippen LogP contribution in [0.25, 0.3) is 0 Å². The Hall–Kier alpha value is -2.10. The minimum Gasteiger partial charge on any atom is -0.469 e. The number of unbranched alkanes of at least 4 members (excludes halogenated alkanes) is 1. The van der Waals surface area contributed by atoms with Crippen LogP contribution in [0.2, 0.25) is 0 Å². The summed E-state index contributed by atoms with van der Waals surface area (Å²) in [5.41, 5.74) is 0.547. The Morgan fingerprint density at radius 3 is 2.55 bits per heavy atom. The first-order chi connectivity index (χ1) is 9.69. The van der Waals surface area contributed by atoms with Gasteiger partial charge in [-0.15, -0.1) is 6.58 Å². The first-order valence-electron chi connectivity index (χ1n) is 6.61. The summed E-state index contributed by atoms with van der Waals surface area (Å²) in [4.78, 5) is 23.0. The Labute approximate surface area is 119 Å². The highest BCUT2D eigenvalue weighted by Crippen LogP contribution is 2.12. The Morgan fingerprint density at radius 2 is 1.95 bits per heavy atom. The molecule has 108 valence electrons. The Kier molecular flexibility index (Phi) is 7.11. The van der Waals surface area contributed by atoms with Crippen LogP contribution < -0.4 is 0 Å². The van der Waals surface area contributed by atoms with Crippen LogP contribution in [0.4, 0.5) is 0 Å². The second kappa shape index (κ2) is 8.91. The first kappa shape index (κ1) is 16.0. The molecule has 20 heavy (non-hydrogen) atoms. The van der Waals surface area contributed by atoms with Crippen molar-refractivity contribution in [1.82, 2.24) is 0 Å². The molecule has 0 spiro atoms. The van der Waals surface area contributed by atoms with Crippen molar-refractivity contribution in [2.24, 2.45) is 5.92 Å². The fraction of sp³-hybridized carbons (Fsp3) is 0.375. The van der Waals surface area contributed by atoms with E-state index in [-0.39, 0.29) is 17.9 Å². The summed E-state index contributed by atoms with van der Waals surface area (Å²) in [5, 5.41) is 0. The zero-order chi connectivity index (χ0) is 14.8. The highest BCUT2D eigenvalue weighted by molar-refractivity contribution is 5.89. The molecule has 1 rings (SSSR count). The smallest absolute Gasteiger partial charge is 0.338 e. The molecule has 4 heteroatoms. The van der Waals surface area contributed by atoms with Crippen molar-refractivity contribution in [1.29, 1.82) is 0 Å². The number of hydrogen-bond donors (Lipinski definition) is 0. The topological polar surface area (TPSA) is 52.6 Å². The van der Waals surface area contributed by atoms with Crippen molar-refractivity contribution in [2.75, 3.05) is 13.7 Å². The Morgan fingerprint density at radius 1 is 1.25 bits per heavy atom. The van der Waals surface area contributed by atoms with Gasteiger partial charge in [0.05, 0.1) is 25.2 Å². The molecule has 0 aliphatic rings. The van der Waals surface area contributed by atoms with Crippen molar-refractivity contribution < 1.29 is 19.1 Å². The van der Waals surface area contributed by atoms with Crippen LogP contribution in [-0.4, -0.2) is 25.7 Å². The molecule has 0 heterocycles. The third kappa shape index (κ3) is 5.26. The molecular formula is C16H20O4. The lowest BCUT2D eigenvalue weighted by atomic mass is 10.0. The first-order valence-corrected chi connectivity index (χ1v) is 6.61. The quantitative estimate of drug-likeness (QED) is 0.416. The molecule has 0 aromatic heterocycles. The van der Waals surface area contributed by atoms with Gasteiger partial charge in [0, 0.05) is 0 Å². The highest BCUT2D eigenvalue weighted by Gasteiger charge is 2.14. The van der Waals surface area contributed by atoms with E-state index in [2.05, 4.69) is 11.3 Å². The van der Waals surface area contributed by atoms with E-state index in [1.807, 2.05) is 6.07 Å². The maximum absolute atomic E-state index is 11.6. The van der Waals surface area contributed by atoms with E-state index in [4.69, 9.17) is 4.74 Å². The predicted molar refractivity (Wildman–Crippen MR) is 76.3 cm³/mol. The number of hydrogen-bond acceptors (Lipinski definition) is 4. The van der Waals surface area contributed by atoms with Gasteiger partial charge in [-0.3, -0.25) is 4.79 Å². The summed E-state index contributed by atoms with van der Waals surface area (Å²) in [6.45, 7) is 3.96. The molecule has 1 atom stereocenters. The number of carbonyl (C=O) groups excluding carboxylic acids is 2. The number of methoxy groups -OCH3 is 1. The normalized spacial score (nSPS) is 11.4. The molecule has 0 saturated carbocycles. The van der Waals surface area contributed by atoms with Crippen LogP contribution in [0.1, 0.15) is 29.6 Å². The second-order valence-corrected chi connectivity index (χ2v) is 4.36. The van der Waals surface area contributed by atoms with Crippen LogP contribution in [0.5, 0.6) is 0 Å². The van der Waals surface area contributed by atoms with Crippen LogP contribution >= 0.6 is 0 Å². The third-order valence-corrected chi connectivity index (χ3v) is 2.94. The lowest BCUT2D eigenvalue weighted by Gasteiger charge is -2.09. The number of esters is 2. The summed E-state index contributed by atoms with van der Waals surface area (Å²) in [7, 11) is 1.36. The van der Waals surface area contributed by atoms with Crippen molar-refractivity contribution >= 4 is 11.9 Å². The van der Waals surface area contributed by atoms with E-state index < -0.39 is 0 Å². The van der Waals surface area contributed by atoms with Crippen LogP contribution in [0.3, 0.4) is 0 Å². The van der Waals surface area contributed by atoms with Crippen molar-refractivity contribution in [3.8, 4) is 0 Å². The minimum absolute atomic E-state index is 0.277. The molecule has 0 amide bonds. The van der Waals surface area contributed by atoms with Gasteiger partial charge in [0.1, 0.15) is 0 Å². The minimum atomic E-state index is -0.321. The average Bonchev–Trinajstić information content (AvgIpc) is 2.50. The summed E-state index contributed by atoms with van der Waals surface area (Å²) in [5.74, 6) is -0.884. The Bertz CT molecular complexity index is 439. The van der Waals surface area contributed by atoms with Crippen molar-refractivity contribution in [3.05, 3.63) is 48.6 Å². The van der Waals surface area contributed by atoms with Gasteiger partial charge in [0.25, 0.3) is 0 Å². The number of ether oxygens (including phenoxy) is 2. The van der Waals surface area contributed by atoms with E-state index >= 15 is 0 Å². The average molecular weight is 276 g/mol. The van der Waals surface area contributed by atoms with E-state index in [0.29, 0.717) is 25.0 Å². The SMILES string of the molecule is C=C[C@@H](CCCCOC(=O)c1ccccc1)C(=O)OC. The van der Waals surface area contributed by atoms with Crippen LogP contribution in [-0.2, 0) is 14.3 Å². The van der Waals surface area contributed by atoms with E-state index in [0.717, 1.165) is 6.42 Å². The van der Waals surface area contributed by atoms with E-state index in [1.165, 1.54) is 7.11 Å². The molecule has 1 aromatic rings. The summed E-state index contributed by atoms with van der Waals surface area (Å²) >= 11 is 0. The molecule has 0 bridgehead atoms. The number of carbonyl (C=O) groups is 2. The molecule has 4 nitrogen and oxygen atoms in total. The lowest BCUT2D eigenvalue weighted by Crippen LogP contribution is -2.14. The molecule has 0 fully saturated rings. The number of benzene rings is 1. The number of rotatable bonds is 8. The van der Waals surface area contributed by atoms with Gasteiger partial charge in [-0.2, -0.15) is 0 Å². The molecule has 0 aliphatic carbocycles. The van der Waals surface area contributed by atoms with Crippen molar-refractivity contribution in [3.63, 3.8) is 0 Å². The van der Waals surface area contributed by atoms with Crippen LogP contribution in [0, 0.1) is 5.92 Å². The molecule has 0 saturated heterocycles. The van der Waals surface area contributed by atoms with Gasteiger partial charge in [0.2, 0.25) is 0 Å². The van der Waals surface area contributed by atoms with E-state index in [9.17, 15) is 9.59 Å². The molecule has 0 unspecified atom stereocenters. The van der Waals surface area contributed by atoms with Crippen LogP contribution in [0.15, 0.2) is 43.0 Å². The second-order valence-electron chi connectivity index (χ2n) is 4.36. The zero-order valence-electron chi connectivity index (χ0n) is 11.7. The van der Waals surface area contributed by atoms with E-state index in [1.54, 1.807) is 30.3 Å². The third-order valence-electron chi connectivity index (χ3n) is 2.94. The zero-order valence-corrected chi connectivity index (χ0v) is 11.7. The molecular weight excluding hydrogens is 256 g/mol. The summed E-state index contributed by atoms with van der Waals surface area (Å²) in [6.07, 6.45) is 3.72. The summed E-state index contributed by atoms with van der Waals surface area (Å²) < 4.78 is 9.81. The van der Waals surface area contributed by atoms with Gasteiger partial charge in [-0.05, 0) is 31.4 Å². The lowest BCUT2D eigenvalue weighted by molar-refractivity contribution is -0.143. The van der Waals surface area contributed by atoms with Gasteiger partial charge < -0.3 is 9.47 Å². The molecule has 0 radical (unpaired) electrons. The fourth-order valence-electron chi connectivity index (χ4n) is 1.77. The largest absolute Gasteiger partial charge is 0.469 e. The van der Waals surface area contributed by atoms with Gasteiger partial charge >= 0.3 is 11.9 Å². The molecule has 0 aliphatic heterocycles. The fourth-order valence-corrected chi connectivity index (χ4v) is 1.77. The maximum atomic E-state index is 11.6. The predicted octanol–water partition coefficient (Wildman–Crippen LogP) is 2.99. The van der Waals surface area contributed by atoms with Crippen molar-refractivity contribution in [2.45, 2.75) is 19.3 Å². The van der Waals surface area contributed by atoms with Gasteiger partial charge in [-0.25, -0.2) is 4.79 Å². The Balaban J connectivity index is 2.20. The molecule has 1 aromatic carbocycles. The maximum Gasteiger partial charge on any atom is 0.338 e. The van der Waals surface area contributed by atoms with Gasteiger partial charge in [-0.1, -0.05) is 24.3 Å². The highest BCUT2D eigenvalue weighted by atomic mass is 16.5. The molecule has 0 N–H and O–H groups in total.